The number of ether oxygens (including phenoxy) is 3. The summed E-state index contributed by atoms with van der Waals surface area (Å²) in [6.45, 7) is 2.08. The van der Waals surface area contributed by atoms with Gasteiger partial charge >= 0.3 is 5.97 Å². The number of aryl methyl sites for hydroxylation is 1. The number of nitrogens with zero attached hydrogens (tertiary/aromatic N) is 1. The smallest absolute Gasteiger partial charge is 0.339 e. The first-order valence-electron chi connectivity index (χ1n) is 5.78. The van der Waals surface area contributed by atoms with Gasteiger partial charge in [0.15, 0.2) is 5.79 Å². The minimum Gasteiger partial charge on any atom is -0.465 e. The average molecular weight is 237 g/mol. The molecule has 0 N–H and O–H groups in total. The molecule has 3 heterocycles. The number of esters is 1. The second kappa shape index (κ2) is 3.85. The van der Waals surface area contributed by atoms with Crippen LogP contribution in [0.4, 0.5) is 0 Å². The molecule has 92 valence electrons. The number of carbonyl (C=O) groups excluding carboxylic acids is 1. The van der Waals surface area contributed by atoms with Crippen LogP contribution in [0.15, 0.2) is 12.3 Å². The Balaban J connectivity index is 1.94. The Morgan fingerprint density at radius 2 is 2.24 bits per heavy atom. The molecule has 0 amide bonds. The zero-order chi connectivity index (χ0) is 11.9. The molecule has 0 saturated carbocycles. The van der Waals surface area contributed by atoms with Gasteiger partial charge in [-0.3, -0.25) is 0 Å². The van der Waals surface area contributed by atoms with Gasteiger partial charge in [-0.15, -0.1) is 0 Å². The fourth-order valence-electron chi connectivity index (χ4n) is 2.59. The minimum atomic E-state index is -0.517. The van der Waals surface area contributed by atoms with Gasteiger partial charge in [-0.2, -0.15) is 0 Å². The van der Waals surface area contributed by atoms with Crippen LogP contribution in [0.5, 0.6) is 0 Å². The van der Waals surface area contributed by atoms with Crippen LogP contribution in [0.1, 0.15) is 22.5 Å². The van der Waals surface area contributed by atoms with Crippen molar-refractivity contribution in [2.75, 3.05) is 20.3 Å². The number of rotatable bonds is 1. The largest absolute Gasteiger partial charge is 0.465 e. The molecular formula is C12H15NO4. The molecule has 3 rings (SSSR count). The fraction of sp³-hybridized carbons (Fsp3) is 0.583. The molecule has 0 unspecified atom stereocenters. The molecule has 0 radical (unpaired) electrons. The molecule has 1 aromatic heterocycles. The second-order valence-electron chi connectivity index (χ2n) is 4.40. The molecule has 2 aliphatic rings. The number of carbonyl (C=O) groups is 1. The lowest BCUT2D eigenvalue weighted by molar-refractivity contribution is -0.169. The Bertz CT molecular complexity index is 445. The predicted molar refractivity (Wildman–Crippen MR) is 58.7 cm³/mol. The standard InChI is InChI=1S/C12H15NO4/c1-15-11(14)9-2-4-13-5-3-12(8-10(9)13)16-6-7-17-12/h2,4H,3,5-8H2,1H3. The summed E-state index contributed by atoms with van der Waals surface area (Å²) >= 11 is 0. The maximum absolute atomic E-state index is 11.6. The third kappa shape index (κ3) is 1.66. The molecule has 0 aliphatic carbocycles. The van der Waals surface area contributed by atoms with E-state index in [1.54, 1.807) is 6.07 Å². The molecule has 2 aliphatic heterocycles. The fourth-order valence-corrected chi connectivity index (χ4v) is 2.59. The van der Waals surface area contributed by atoms with Gasteiger partial charge in [-0.25, -0.2) is 4.79 Å². The van der Waals surface area contributed by atoms with Crippen molar-refractivity contribution in [3.8, 4) is 0 Å². The van der Waals surface area contributed by atoms with Crippen LogP contribution in [0.2, 0.25) is 0 Å². The van der Waals surface area contributed by atoms with Crippen molar-refractivity contribution in [2.24, 2.45) is 0 Å². The van der Waals surface area contributed by atoms with Crippen LogP contribution in [-0.2, 0) is 27.2 Å². The van der Waals surface area contributed by atoms with Crippen LogP contribution in [0.3, 0.4) is 0 Å². The van der Waals surface area contributed by atoms with Crippen LogP contribution in [0, 0.1) is 0 Å². The van der Waals surface area contributed by atoms with Gasteiger partial charge in [0.2, 0.25) is 0 Å². The summed E-state index contributed by atoms with van der Waals surface area (Å²) in [5.41, 5.74) is 1.57. The highest BCUT2D eigenvalue weighted by atomic mass is 16.7. The quantitative estimate of drug-likeness (QED) is 0.683. The number of hydrogen-bond acceptors (Lipinski definition) is 4. The van der Waals surface area contributed by atoms with Crippen molar-refractivity contribution < 1.29 is 19.0 Å². The first-order chi connectivity index (χ1) is 8.24. The molecule has 0 bridgehead atoms. The molecular weight excluding hydrogens is 222 g/mol. The highest BCUT2D eigenvalue weighted by Gasteiger charge is 2.41. The minimum absolute atomic E-state index is 0.297. The first-order valence-corrected chi connectivity index (χ1v) is 5.78. The van der Waals surface area contributed by atoms with E-state index in [0.29, 0.717) is 25.2 Å². The lowest BCUT2D eigenvalue weighted by Gasteiger charge is -2.32. The summed E-state index contributed by atoms with van der Waals surface area (Å²) in [5.74, 6) is -0.814. The van der Waals surface area contributed by atoms with Crippen molar-refractivity contribution in [3.63, 3.8) is 0 Å². The molecule has 1 saturated heterocycles. The van der Waals surface area contributed by atoms with E-state index in [2.05, 4.69) is 4.57 Å². The Morgan fingerprint density at radius 3 is 2.94 bits per heavy atom. The zero-order valence-corrected chi connectivity index (χ0v) is 9.77. The monoisotopic (exact) mass is 237 g/mol. The number of hydrogen-bond donors (Lipinski definition) is 0. The lowest BCUT2D eigenvalue weighted by Crippen LogP contribution is -2.39. The predicted octanol–water partition coefficient (Wildman–Crippen LogP) is 0.964. The van der Waals surface area contributed by atoms with Gasteiger partial charge in [-0.1, -0.05) is 0 Å². The summed E-state index contributed by atoms with van der Waals surface area (Å²) < 4.78 is 18.2. The van der Waals surface area contributed by atoms with Crippen molar-refractivity contribution in [2.45, 2.75) is 25.2 Å². The summed E-state index contributed by atoms with van der Waals surface area (Å²) in [5, 5.41) is 0. The molecule has 1 aromatic rings. The Kier molecular flexibility index (Phi) is 2.45. The molecule has 1 spiro atoms. The van der Waals surface area contributed by atoms with Gasteiger partial charge < -0.3 is 18.8 Å². The summed E-state index contributed by atoms with van der Waals surface area (Å²) in [4.78, 5) is 11.6. The highest BCUT2D eigenvalue weighted by molar-refractivity contribution is 5.90. The SMILES string of the molecule is COC(=O)c1ccn2c1CC1(CC2)OCCO1. The van der Waals surface area contributed by atoms with E-state index in [4.69, 9.17) is 14.2 Å². The zero-order valence-electron chi connectivity index (χ0n) is 9.77. The Hall–Kier alpha value is -1.33. The lowest BCUT2D eigenvalue weighted by atomic mass is 10.0. The van der Waals surface area contributed by atoms with Crippen LogP contribution >= 0.6 is 0 Å². The number of aromatic nitrogens is 1. The van der Waals surface area contributed by atoms with E-state index >= 15 is 0 Å². The topological polar surface area (TPSA) is 49.7 Å². The molecule has 0 aromatic carbocycles. The highest BCUT2D eigenvalue weighted by Crippen LogP contribution is 2.34. The van der Waals surface area contributed by atoms with Crippen molar-refractivity contribution in [1.82, 2.24) is 4.57 Å². The summed E-state index contributed by atoms with van der Waals surface area (Å²) in [6, 6.07) is 1.80. The maximum atomic E-state index is 11.6. The van der Waals surface area contributed by atoms with Crippen molar-refractivity contribution >= 4 is 5.97 Å². The molecule has 17 heavy (non-hydrogen) atoms. The second-order valence-corrected chi connectivity index (χ2v) is 4.40. The number of fused-ring (bicyclic) bond motifs is 1. The van der Waals surface area contributed by atoms with E-state index in [-0.39, 0.29) is 5.97 Å². The number of methoxy groups -OCH3 is 1. The third-order valence-electron chi connectivity index (χ3n) is 3.47. The maximum Gasteiger partial charge on any atom is 0.339 e. The van der Waals surface area contributed by atoms with Crippen LogP contribution < -0.4 is 0 Å². The molecule has 5 heteroatoms. The average Bonchev–Trinajstić information content (AvgIpc) is 2.96. The van der Waals surface area contributed by atoms with Crippen LogP contribution in [-0.4, -0.2) is 36.6 Å². The summed E-state index contributed by atoms with van der Waals surface area (Å²) in [7, 11) is 1.40. The van der Waals surface area contributed by atoms with E-state index in [1.165, 1.54) is 7.11 Å². The normalized spacial score (nSPS) is 21.5. The van der Waals surface area contributed by atoms with E-state index in [1.807, 2.05) is 6.20 Å². The van der Waals surface area contributed by atoms with Gasteiger partial charge in [-0.05, 0) is 6.07 Å². The van der Waals surface area contributed by atoms with Crippen molar-refractivity contribution in [1.29, 1.82) is 0 Å². The van der Waals surface area contributed by atoms with Gasteiger partial charge in [0.25, 0.3) is 0 Å². The van der Waals surface area contributed by atoms with Crippen LogP contribution in [0.25, 0.3) is 0 Å². The Morgan fingerprint density at radius 1 is 1.47 bits per heavy atom. The first kappa shape index (κ1) is 10.8. The van der Waals surface area contributed by atoms with E-state index < -0.39 is 5.79 Å². The van der Waals surface area contributed by atoms with E-state index in [9.17, 15) is 4.79 Å². The Labute approximate surface area is 99.3 Å². The third-order valence-corrected chi connectivity index (χ3v) is 3.47. The van der Waals surface area contributed by atoms with E-state index in [0.717, 1.165) is 18.7 Å². The van der Waals surface area contributed by atoms with Gasteiger partial charge in [0.05, 0.1) is 25.9 Å². The summed E-state index contributed by atoms with van der Waals surface area (Å²) in [6.07, 6.45) is 3.36. The molecule has 1 fully saturated rings. The van der Waals surface area contributed by atoms with Gasteiger partial charge in [0, 0.05) is 31.3 Å². The molecule has 0 atom stereocenters. The van der Waals surface area contributed by atoms with Crippen molar-refractivity contribution in [3.05, 3.63) is 23.5 Å². The van der Waals surface area contributed by atoms with Gasteiger partial charge in [0.1, 0.15) is 0 Å². The molecule has 5 nitrogen and oxygen atoms in total.